The van der Waals surface area contributed by atoms with E-state index in [-0.39, 0.29) is 11.7 Å². The molecule has 1 aromatic rings. The van der Waals surface area contributed by atoms with Crippen molar-refractivity contribution in [2.75, 3.05) is 33.2 Å². The lowest BCUT2D eigenvalue weighted by Crippen LogP contribution is -2.44. The number of rotatable bonds is 7. The van der Waals surface area contributed by atoms with Gasteiger partial charge in [-0.15, -0.1) is 0 Å². The average molecular weight is 343 g/mol. The summed E-state index contributed by atoms with van der Waals surface area (Å²) in [5, 5.41) is 0. The predicted octanol–water partition coefficient (Wildman–Crippen LogP) is 1.82. The summed E-state index contributed by atoms with van der Waals surface area (Å²) >= 11 is 0. The largest absolute Gasteiger partial charge is 0.299 e. The van der Waals surface area contributed by atoms with Crippen molar-refractivity contribution in [1.82, 2.24) is 13.9 Å². The van der Waals surface area contributed by atoms with Crippen LogP contribution in [0.1, 0.15) is 25.3 Å². The fraction of sp³-hybridized carbons (Fsp3) is 0.625. The molecular weight excluding hydrogens is 317 g/mol. The number of piperidine rings is 1. The standard InChI is InChI=1S/C16H26FN3O2S/c1-3-19(2)23(21,22)18-11-14-7-6-10-20(12-14)13-15-8-4-5-9-16(15)17/h4-5,8-9,14,18H,3,6-7,10-13H2,1-2H3/t14-/m1/s1. The van der Waals surface area contributed by atoms with Gasteiger partial charge in [0.25, 0.3) is 10.2 Å². The third kappa shape index (κ3) is 5.24. The molecule has 1 aliphatic rings. The summed E-state index contributed by atoms with van der Waals surface area (Å²) in [5.41, 5.74) is 0.694. The van der Waals surface area contributed by atoms with Gasteiger partial charge in [-0.1, -0.05) is 25.1 Å². The third-order valence-corrected chi connectivity index (χ3v) is 5.98. The quantitative estimate of drug-likeness (QED) is 0.822. The average Bonchev–Trinajstić information content (AvgIpc) is 2.55. The van der Waals surface area contributed by atoms with Crippen LogP contribution in [0.5, 0.6) is 0 Å². The third-order valence-electron chi connectivity index (χ3n) is 4.36. The minimum atomic E-state index is -3.39. The smallest absolute Gasteiger partial charge is 0.279 e. The van der Waals surface area contributed by atoms with Crippen LogP contribution < -0.4 is 4.72 Å². The van der Waals surface area contributed by atoms with E-state index in [4.69, 9.17) is 0 Å². The van der Waals surface area contributed by atoms with E-state index in [2.05, 4.69) is 9.62 Å². The first-order valence-electron chi connectivity index (χ1n) is 8.09. The predicted molar refractivity (Wildman–Crippen MR) is 89.6 cm³/mol. The van der Waals surface area contributed by atoms with Crippen molar-refractivity contribution in [3.63, 3.8) is 0 Å². The molecule has 1 saturated heterocycles. The van der Waals surface area contributed by atoms with E-state index in [1.165, 1.54) is 10.4 Å². The lowest BCUT2D eigenvalue weighted by molar-refractivity contribution is 0.167. The molecule has 2 rings (SSSR count). The maximum Gasteiger partial charge on any atom is 0.279 e. The topological polar surface area (TPSA) is 52.7 Å². The van der Waals surface area contributed by atoms with Crippen molar-refractivity contribution in [2.24, 2.45) is 5.92 Å². The summed E-state index contributed by atoms with van der Waals surface area (Å²) in [6, 6.07) is 6.81. The molecule has 0 aliphatic carbocycles. The zero-order valence-corrected chi connectivity index (χ0v) is 14.7. The number of hydrogen-bond acceptors (Lipinski definition) is 3. The van der Waals surface area contributed by atoms with Crippen LogP contribution in [0, 0.1) is 11.7 Å². The first-order valence-corrected chi connectivity index (χ1v) is 9.53. The van der Waals surface area contributed by atoms with Crippen LogP contribution in [-0.4, -0.2) is 50.8 Å². The van der Waals surface area contributed by atoms with Crippen molar-refractivity contribution in [3.05, 3.63) is 35.6 Å². The van der Waals surface area contributed by atoms with E-state index >= 15 is 0 Å². The summed E-state index contributed by atoms with van der Waals surface area (Å²) in [4.78, 5) is 2.20. The van der Waals surface area contributed by atoms with E-state index < -0.39 is 10.2 Å². The molecule has 0 unspecified atom stereocenters. The monoisotopic (exact) mass is 343 g/mol. The van der Waals surface area contributed by atoms with E-state index in [0.29, 0.717) is 25.2 Å². The molecule has 7 heteroatoms. The molecule has 0 saturated carbocycles. The van der Waals surface area contributed by atoms with Crippen LogP contribution in [0.4, 0.5) is 4.39 Å². The van der Waals surface area contributed by atoms with Crippen molar-refractivity contribution < 1.29 is 12.8 Å². The van der Waals surface area contributed by atoms with Gasteiger partial charge in [-0.2, -0.15) is 12.7 Å². The molecule has 130 valence electrons. The number of benzene rings is 1. The number of likely N-dealkylation sites (tertiary alicyclic amines) is 1. The Hall–Kier alpha value is -1.02. The highest BCUT2D eigenvalue weighted by atomic mass is 32.2. The minimum absolute atomic E-state index is 0.181. The van der Waals surface area contributed by atoms with Crippen LogP contribution in [-0.2, 0) is 16.8 Å². The summed E-state index contributed by atoms with van der Waals surface area (Å²) in [6.45, 7) is 4.96. The second kappa shape index (κ2) is 8.19. The van der Waals surface area contributed by atoms with Gasteiger partial charge in [0.15, 0.2) is 0 Å². The van der Waals surface area contributed by atoms with Crippen LogP contribution >= 0.6 is 0 Å². The Labute approximate surface area is 138 Å². The normalized spacial score (nSPS) is 20.1. The number of halogens is 1. The van der Waals surface area contributed by atoms with Gasteiger partial charge in [0.05, 0.1) is 0 Å². The molecule has 0 bridgehead atoms. The van der Waals surface area contributed by atoms with Crippen LogP contribution in [0.25, 0.3) is 0 Å². The highest BCUT2D eigenvalue weighted by Gasteiger charge is 2.23. The van der Waals surface area contributed by atoms with Crippen LogP contribution in [0.3, 0.4) is 0 Å². The Morgan fingerprint density at radius 1 is 1.39 bits per heavy atom. The summed E-state index contributed by atoms with van der Waals surface area (Å²) < 4.78 is 41.7. The lowest BCUT2D eigenvalue weighted by atomic mass is 9.98. The molecule has 1 atom stereocenters. The Balaban J connectivity index is 1.88. The molecule has 0 aromatic heterocycles. The Morgan fingerprint density at radius 2 is 2.13 bits per heavy atom. The molecular formula is C16H26FN3O2S. The van der Waals surface area contributed by atoms with Gasteiger partial charge in [-0.05, 0) is 31.4 Å². The van der Waals surface area contributed by atoms with Gasteiger partial charge >= 0.3 is 0 Å². The van der Waals surface area contributed by atoms with Crippen molar-refractivity contribution >= 4 is 10.2 Å². The number of nitrogens with zero attached hydrogens (tertiary/aromatic N) is 2. The van der Waals surface area contributed by atoms with Gasteiger partial charge < -0.3 is 0 Å². The summed E-state index contributed by atoms with van der Waals surface area (Å²) in [5.74, 6) is 0.0791. The maximum absolute atomic E-state index is 13.8. The lowest BCUT2D eigenvalue weighted by Gasteiger charge is -2.33. The molecule has 1 fully saturated rings. The molecule has 1 aromatic carbocycles. The zero-order valence-electron chi connectivity index (χ0n) is 13.8. The second-order valence-electron chi connectivity index (χ2n) is 6.10. The first kappa shape index (κ1) is 18.3. The van der Waals surface area contributed by atoms with Gasteiger partial charge in [-0.25, -0.2) is 9.11 Å². The fourth-order valence-electron chi connectivity index (χ4n) is 2.83. The molecule has 1 N–H and O–H groups in total. The van der Waals surface area contributed by atoms with E-state index in [1.807, 2.05) is 6.07 Å². The van der Waals surface area contributed by atoms with E-state index in [9.17, 15) is 12.8 Å². The van der Waals surface area contributed by atoms with Gasteiger partial charge in [0.2, 0.25) is 0 Å². The van der Waals surface area contributed by atoms with Crippen molar-refractivity contribution in [3.8, 4) is 0 Å². The summed E-state index contributed by atoms with van der Waals surface area (Å²) in [6.07, 6.45) is 2.00. The molecule has 0 amide bonds. The number of nitrogens with one attached hydrogen (secondary N) is 1. The molecule has 23 heavy (non-hydrogen) atoms. The molecule has 0 spiro atoms. The van der Waals surface area contributed by atoms with Gasteiger partial charge in [-0.3, -0.25) is 4.90 Å². The summed E-state index contributed by atoms with van der Waals surface area (Å²) in [7, 11) is -1.82. The Morgan fingerprint density at radius 3 is 2.83 bits per heavy atom. The fourth-order valence-corrected chi connectivity index (χ4v) is 3.84. The molecule has 5 nitrogen and oxygen atoms in total. The molecule has 1 heterocycles. The van der Waals surface area contributed by atoms with Gasteiger partial charge in [0.1, 0.15) is 5.82 Å². The Bertz CT molecular complexity index is 609. The second-order valence-corrected chi connectivity index (χ2v) is 7.96. The Kier molecular flexibility index (Phi) is 6.52. The highest BCUT2D eigenvalue weighted by molar-refractivity contribution is 7.87. The van der Waals surface area contributed by atoms with E-state index in [1.54, 1.807) is 26.1 Å². The SMILES string of the molecule is CCN(C)S(=O)(=O)NC[C@H]1CCCN(Cc2ccccc2F)C1. The molecule has 0 radical (unpaired) electrons. The maximum atomic E-state index is 13.8. The first-order chi connectivity index (χ1) is 10.9. The van der Waals surface area contributed by atoms with Crippen LogP contribution in [0.2, 0.25) is 0 Å². The number of hydrogen-bond donors (Lipinski definition) is 1. The van der Waals surface area contributed by atoms with Gasteiger partial charge in [0, 0.05) is 38.8 Å². The van der Waals surface area contributed by atoms with Crippen LogP contribution in [0.15, 0.2) is 24.3 Å². The van der Waals surface area contributed by atoms with Crippen molar-refractivity contribution in [1.29, 1.82) is 0 Å². The molecule has 1 aliphatic heterocycles. The van der Waals surface area contributed by atoms with E-state index in [0.717, 1.165) is 25.9 Å². The minimum Gasteiger partial charge on any atom is -0.299 e. The zero-order chi connectivity index (χ0) is 16.9. The highest BCUT2D eigenvalue weighted by Crippen LogP contribution is 2.19. The van der Waals surface area contributed by atoms with Crippen molar-refractivity contribution in [2.45, 2.75) is 26.3 Å².